The highest BCUT2D eigenvalue weighted by Gasteiger charge is 2.08. The Morgan fingerprint density at radius 2 is 2.20 bits per heavy atom. The van der Waals surface area contributed by atoms with Gasteiger partial charge < -0.3 is 5.11 Å². The fourth-order valence-corrected chi connectivity index (χ4v) is 0.887. The molecule has 0 saturated heterocycles. The van der Waals surface area contributed by atoms with Crippen LogP contribution in [-0.4, -0.2) is 11.2 Å². The highest BCUT2D eigenvalue weighted by molar-refractivity contribution is 4.79. The van der Waals surface area contributed by atoms with Gasteiger partial charge in [0.1, 0.15) is 0 Å². The molecule has 0 aliphatic rings. The van der Waals surface area contributed by atoms with E-state index in [1.165, 1.54) is 18.9 Å². The van der Waals surface area contributed by atoms with E-state index < -0.39 is 6.10 Å². The van der Waals surface area contributed by atoms with Crippen LogP contribution in [0.1, 0.15) is 33.1 Å². The van der Waals surface area contributed by atoms with Crippen LogP contribution < -0.4 is 0 Å². The van der Waals surface area contributed by atoms with E-state index in [1.54, 1.807) is 0 Å². The third kappa shape index (κ3) is 3.67. The SMILES string of the molecule is [CH]=CC(O)C(C)CCCC. The van der Waals surface area contributed by atoms with Crippen LogP contribution in [-0.2, 0) is 0 Å². The van der Waals surface area contributed by atoms with Crippen molar-refractivity contribution < 1.29 is 5.11 Å². The van der Waals surface area contributed by atoms with Crippen molar-refractivity contribution in [1.29, 1.82) is 0 Å². The molecular weight excluding hydrogens is 124 g/mol. The third-order valence-electron chi connectivity index (χ3n) is 1.79. The van der Waals surface area contributed by atoms with Crippen LogP contribution in [0, 0.1) is 12.5 Å². The van der Waals surface area contributed by atoms with Gasteiger partial charge in [-0.25, -0.2) is 0 Å². The Kier molecular flexibility index (Phi) is 5.32. The maximum absolute atomic E-state index is 9.17. The molecule has 0 bridgehead atoms. The van der Waals surface area contributed by atoms with Gasteiger partial charge in [-0.3, -0.25) is 0 Å². The molecule has 2 unspecified atom stereocenters. The summed E-state index contributed by atoms with van der Waals surface area (Å²) in [6, 6.07) is 0. The van der Waals surface area contributed by atoms with Crippen molar-refractivity contribution in [2.75, 3.05) is 0 Å². The van der Waals surface area contributed by atoms with Gasteiger partial charge >= 0.3 is 0 Å². The molecule has 0 aliphatic carbocycles. The Labute approximate surface area is 63.8 Å². The Hall–Kier alpha value is -0.300. The first kappa shape index (κ1) is 9.70. The predicted molar refractivity (Wildman–Crippen MR) is 43.6 cm³/mol. The van der Waals surface area contributed by atoms with Crippen molar-refractivity contribution in [3.05, 3.63) is 12.7 Å². The number of aliphatic hydroxyl groups is 1. The average Bonchev–Trinajstić information content (AvgIpc) is 1.98. The molecule has 0 fully saturated rings. The number of aliphatic hydroxyl groups excluding tert-OH is 1. The van der Waals surface area contributed by atoms with E-state index in [9.17, 15) is 5.11 Å². The summed E-state index contributed by atoms with van der Waals surface area (Å²) in [6.45, 7) is 9.33. The molecule has 0 saturated carbocycles. The lowest BCUT2D eigenvalue weighted by molar-refractivity contribution is 0.155. The van der Waals surface area contributed by atoms with Gasteiger partial charge in [-0.05, 0) is 12.3 Å². The maximum atomic E-state index is 9.17. The minimum Gasteiger partial charge on any atom is -0.389 e. The lowest BCUT2D eigenvalue weighted by atomic mass is 9.98. The molecule has 59 valence electrons. The first-order chi connectivity index (χ1) is 4.72. The topological polar surface area (TPSA) is 20.2 Å². The first-order valence-corrected chi connectivity index (χ1v) is 3.95. The fourth-order valence-electron chi connectivity index (χ4n) is 0.887. The summed E-state index contributed by atoms with van der Waals surface area (Å²) >= 11 is 0. The van der Waals surface area contributed by atoms with E-state index in [2.05, 4.69) is 6.92 Å². The Morgan fingerprint density at radius 3 is 2.60 bits per heavy atom. The summed E-state index contributed by atoms with van der Waals surface area (Å²) in [4.78, 5) is 0. The van der Waals surface area contributed by atoms with Crippen molar-refractivity contribution in [2.24, 2.45) is 5.92 Å². The summed E-state index contributed by atoms with van der Waals surface area (Å²) in [6.07, 6.45) is 4.35. The minimum absolute atomic E-state index is 0.310. The molecule has 1 radical (unpaired) electrons. The zero-order valence-corrected chi connectivity index (χ0v) is 6.88. The smallest absolute Gasteiger partial charge is 0.0749 e. The van der Waals surface area contributed by atoms with E-state index in [4.69, 9.17) is 6.58 Å². The van der Waals surface area contributed by atoms with Gasteiger partial charge in [-0.1, -0.05) is 39.3 Å². The monoisotopic (exact) mass is 141 g/mol. The van der Waals surface area contributed by atoms with Crippen LogP contribution in [0.25, 0.3) is 0 Å². The van der Waals surface area contributed by atoms with Gasteiger partial charge in [0.15, 0.2) is 0 Å². The van der Waals surface area contributed by atoms with Crippen molar-refractivity contribution in [3.63, 3.8) is 0 Å². The van der Waals surface area contributed by atoms with Crippen molar-refractivity contribution in [2.45, 2.75) is 39.2 Å². The van der Waals surface area contributed by atoms with E-state index in [0.717, 1.165) is 6.42 Å². The number of rotatable bonds is 5. The van der Waals surface area contributed by atoms with Crippen LogP contribution in [0.5, 0.6) is 0 Å². The fraction of sp³-hybridized carbons (Fsp3) is 0.778. The predicted octanol–water partition coefficient (Wildman–Crippen LogP) is 2.16. The normalized spacial score (nSPS) is 16.3. The Balaban J connectivity index is 3.40. The van der Waals surface area contributed by atoms with Gasteiger partial charge in [0.05, 0.1) is 6.10 Å². The van der Waals surface area contributed by atoms with Crippen LogP contribution in [0.4, 0.5) is 0 Å². The van der Waals surface area contributed by atoms with Gasteiger partial charge in [-0.15, -0.1) is 0 Å². The van der Waals surface area contributed by atoms with Crippen LogP contribution in [0.15, 0.2) is 6.08 Å². The zero-order valence-electron chi connectivity index (χ0n) is 6.88. The summed E-state index contributed by atoms with van der Waals surface area (Å²) in [5, 5.41) is 9.17. The molecule has 0 amide bonds. The Bertz CT molecular complexity index is 88.7. The maximum Gasteiger partial charge on any atom is 0.0749 e. The van der Waals surface area contributed by atoms with E-state index in [1.807, 2.05) is 6.92 Å². The molecule has 1 nitrogen and oxygen atoms in total. The molecule has 0 aromatic heterocycles. The van der Waals surface area contributed by atoms with Gasteiger partial charge in [-0.2, -0.15) is 0 Å². The van der Waals surface area contributed by atoms with Crippen LogP contribution >= 0.6 is 0 Å². The molecule has 2 atom stereocenters. The molecule has 0 rings (SSSR count). The quantitative estimate of drug-likeness (QED) is 0.622. The second-order valence-corrected chi connectivity index (χ2v) is 2.80. The summed E-state index contributed by atoms with van der Waals surface area (Å²) in [7, 11) is 0. The highest BCUT2D eigenvalue weighted by atomic mass is 16.3. The number of hydrogen-bond donors (Lipinski definition) is 1. The van der Waals surface area contributed by atoms with Crippen LogP contribution in [0.2, 0.25) is 0 Å². The van der Waals surface area contributed by atoms with Crippen molar-refractivity contribution >= 4 is 0 Å². The van der Waals surface area contributed by atoms with Crippen LogP contribution in [0.3, 0.4) is 0 Å². The molecule has 0 aliphatic heterocycles. The summed E-state index contributed by atoms with van der Waals surface area (Å²) in [5.74, 6) is 0.310. The first-order valence-electron chi connectivity index (χ1n) is 3.95. The molecule has 0 heterocycles. The van der Waals surface area contributed by atoms with Gasteiger partial charge in [0.25, 0.3) is 0 Å². The second-order valence-electron chi connectivity index (χ2n) is 2.80. The molecule has 0 aromatic carbocycles. The largest absolute Gasteiger partial charge is 0.389 e. The van der Waals surface area contributed by atoms with Crippen molar-refractivity contribution in [3.8, 4) is 0 Å². The van der Waals surface area contributed by atoms with E-state index in [0.29, 0.717) is 5.92 Å². The minimum atomic E-state index is -0.424. The molecule has 0 spiro atoms. The summed E-state index contributed by atoms with van der Waals surface area (Å²) < 4.78 is 0. The molecular formula is C9H17O. The third-order valence-corrected chi connectivity index (χ3v) is 1.79. The molecule has 0 aromatic rings. The van der Waals surface area contributed by atoms with Crippen molar-refractivity contribution in [1.82, 2.24) is 0 Å². The molecule has 1 heteroatoms. The average molecular weight is 141 g/mol. The lowest BCUT2D eigenvalue weighted by Gasteiger charge is -2.13. The lowest BCUT2D eigenvalue weighted by Crippen LogP contribution is -2.13. The number of hydrogen-bond acceptors (Lipinski definition) is 1. The Morgan fingerprint density at radius 1 is 1.60 bits per heavy atom. The van der Waals surface area contributed by atoms with Gasteiger partial charge in [0.2, 0.25) is 0 Å². The highest BCUT2D eigenvalue weighted by Crippen LogP contribution is 2.12. The molecule has 10 heavy (non-hydrogen) atoms. The molecule has 1 N–H and O–H groups in total. The van der Waals surface area contributed by atoms with E-state index in [-0.39, 0.29) is 0 Å². The number of unbranched alkanes of at least 4 members (excludes halogenated alkanes) is 1. The van der Waals surface area contributed by atoms with E-state index >= 15 is 0 Å². The second kappa shape index (κ2) is 5.48. The van der Waals surface area contributed by atoms with Gasteiger partial charge in [0, 0.05) is 0 Å². The standard InChI is InChI=1S/C9H17O/c1-4-6-7-8(3)9(10)5-2/h2,5,8-10H,4,6-7H2,1,3H3. The summed E-state index contributed by atoms with van der Waals surface area (Å²) in [5.41, 5.74) is 0. The zero-order chi connectivity index (χ0) is 7.98.